The molecule has 0 radical (unpaired) electrons. The Labute approximate surface area is 107 Å². The molecular formula is C14H29N3. The Bertz CT molecular complexity index is 224. The summed E-state index contributed by atoms with van der Waals surface area (Å²) in [7, 11) is 4.49. The first-order valence-electron chi connectivity index (χ1n) is 7.28. The predicted molar refractivity (Wildman–Crippen MR) is 73.3 cm³/mol. The summed E-state index contributed by atoms with van der Waals surface area (Å²) >= 11 is 0. The van der Waals surface area contributed by atoms with Crippen LogP contribution in [0.15, 0.2) is 0 Å². The lowest BCUT2D eigenvalue weighted by Crippen LogP contribution is -2.49. The fourth-order valence-corrected chi connectivity index (χ4v) is 3.30. The average Bonchev–Trinajstić information content (AvgIpc) is 2.32. The van der Waals surface area contributed by atoms with Crippen molar-refractivity contribution in [3.05, 3.63) is 0 Å². The van der Waals surface area contributed by atoms with Gasteiger partial charge in [0.05, 0.1) is 0 Å². The molecule has 0 aromatic heterocycles. The molecule has 2 atom stereocenters. The molecule has 0 saturated carbocycles. The lowest BCUT2D eigenvalue weighted by atomic mass is 9.90. The zero-order valence-electron chi connectivity index (χ0n) is 11.8. The van der Waals surface area contributed by atoms with Crippen molar-refractivity contribution in [2.45, 2.75) is 44.7 Å². The third-order valence-electron chi connectivity index (χ3n) is 4.59. The first-order valence-corrected chi connectivity index (χ1v) is 7.28. The van der Waals surface area contributed by atoms with Crippen LogP contribution in [0.1, 0.15) is 32.6 Å². The molecule has 0 spiro atoms. The summed E-state index contributed by atoms with van der Waals surface area (Å²) in [6, 6.07) is 1.44. The van der Waals surface area contributed by atoms with Gasteiger partial charge in [0, 0.05) is 18.6 Å². The number of hydrogen-bond acceptors (Lipinski definition) is 3. The molecule has 2 unspecified atom stereocenters. The van der Waals surface area contributed by atoms with E-state index in [0.29, 0.717) is 6.04 Å². The van der Waals surface area contributed by atoms with Crippen molar-refractivity contribution in [3.8, 4) is 0 Å². The van der Waals surface area contributed by atoms with Gasteiger partial charge in [-0.25, -0.2) is 0 Å². The third-order valence-corrected chi connectivity index (χ3v) is 4.59. The highest BCUT2D eigenvalue weighted by molar-refractivity contribution is 4.84. The fraction of sp³-hybridized carbons (Fsp3) is 1.00. The Balaban J connectivity index is 1.74. The molecule has 2 heterocycles. The van der Waals surface area contributed by atoms with Crippen molar-refractivity contribution < 1.29 is 0 Å². The van der Waals surface area contributed by atoms with Gasteiger partial charge in [-0.3, -0.25) is 0 Å². The van der Waals surface area contributed by atoms with E-state index in [9.17, 15) is 0 Å². The molecule has 0 amide bonds. The first-order chi connectivity index (χ1) is 8.15. The van der Waals surface area contributed by atoms with Gasteiger partial charge in [-0.2, -0.15) is 0 Å². The molecule has 0 aromatic carbocycles. The van der Waals surface area contributed by atoms with Crippen LogP contribution >= 0.6 is 0 Å². The molecule has 0 aromatic rings. The first kappa shape index (κ1) is 13.3. The number of rotatable bonds is 3. The van der Waals surface area contributed by atoms with Crippen LogP contribution in [-0.4, -0.2) is 62.2 Å². The SMILES string of the molecule is CC(NC1CCN(C)CC1)C1CCCN(C)C1. The standard InChI is InChI=1S/C14H29N3/c1-12(13-5-4-8-17(3)11-13)15-14-6-9-16(2)10-7-14/h12-15H,4-11H2,1-3H3. The summed E-state index contributed by atoms with van der Waals surface area (Å²) in [6.45, 7) is 7.48. The van der Waals surface area contributed by atoms with Crippen molar-refractivity contribution in [1.82, 2.24) is 15.1 Å². The van der Waals surface area contributed by atoms with Gasteiger partial charge in [-0.1, -0.05) is 0 Å². The molecule has 0 bridgehead atoms. The van der Waals surface area contributed by atoms with E-state index in [2.05, 4.69) is 36.1 Å². The average molecular weight is 239 g/mol. The minimum absolute atomic E-state index is 0.686. The second-order valence-electron chi connectivity index (χ2n) is 6.20. The number of likely N-dealkylation sites (tertiary alicyclic amines) is 2. The van der Waals surface area contributed by atoms with Crippen LogP contribution in [0.3, 0.4) is 0 Å². The molecule has 2 aliphatic heterocycles. The van der Waals surface area contributed by atoms with Crippen LogP contribution in [0.4, 0.5) is 0 Å². The highest BCUT2D eigenvalue weighted by atomic mass is 15.1. The monoisotopic (exact) mass is 239 g/mol. The summed E-state index contributed by atoms with van der Waals surface area (Å²) < 4.78 is 0. The van der Waals surface area contributed by atoms with Crippen molar-refractivity contribution >= 4 is 0 Å². The summed E-state index contributed by atoms with van der Waals surface area (Å²) in [5.41, 5.74) is 0. The number of piperidine rings is 2. The Morgan fingerprint density at radius 3 is 2.35 bits per heavy atom. The molecule has 1 N–H and O–H groups in total. The minimum Gasteiger partial charge on any atom is -0.311 e. The Morgan fingerprint density at radius 2 is 1.71 bits per heavy atom. The largest absolute Gasteiger partial charge is 0.311 e. The van der Waals surface area contributed by atoms with E-state index in [-0.39, 0.29) is 0 Å². The van der Waals surface area contributed by atoms with Crippen LogP contribution in [-0.2, 0) is 0 Å². The fourth-order valence-electron chi connectivity index (χ4n) is 3.30. The predicted octanol–water partition coefficient (Wildman–Crippen LogP) is 1.40. The van der Waals surface area contributed by atoms with Crippen LogP contribution < -0.4 is 5.32 Å². The van der Waals surface area contributed by atoms with Crippen molar-refractivity contribution in [3.63, 3.8) is 0 Å². The smallest absolute Gasteiger partial charge is 0.00940 e. The zero-order valence-corrected chi connectivity index (χ0v) is 11.8. The maximum absolute atomic E-state index is 3.88. The molecule has 2 rings (SSSR count). The van der Waals surface area contributed by atoms with Crippen molar-refractivity contribution in [2.24, 2.45) is 5.92 Å². The van der Waals surface area contributed by atoms with Gasteiger partial charge in [0.25, 0.3) is 0 Å². The van der Waals surface area contributed by atoms with Gasteiger partial charge >= 0.3 is 0 Å². The Kier molecular flexibility index (Phi) is 4.83. The van der Waals surface area contributed by atoms with Gasteiger partial charge in [0.1, 0.15) is 0 Å². The van der Waals surface area contributed by atoms with Gasteiger partial charge in [0.15, 0.2) is 0 Å². The number of nitrogens with one attached hydrogen (secondary N) is 1. The Morgan fingerprint density at radius 1 is 1.00 bits per heavy atom. The highest BCUT2D eigenvalue weighted by Crippen LogP contribution is 2.20. The Hall–Kier alpha value is -0.120. The molecule has 17 heavy (non-hydrogen) atoms. The molecule has 100 valence electrons. The zero-order chi connectivity index (χ0) is 12.3. The van der Waals surface area contributed by atoms with Gasteiger partial charge < -0.3 is 15.1 Å². The van der Waals surface area contributed by atoms with Gasteiger partial charge in [-0.15, -0.1) is 0 Å². The van der Waals surface area contributed by atoms with Crippen molar-refractivity contribution in [1.29, 1.82) is 0 Å². The number of nitrogens with zero attached hydrogens (tertiary/aromatic N) is 2. The molecule has 2 saturated heterocycles. The second-order valence-corrected chi connectivity index (χ2v) is 6.20. The third kappa shape index (κ3) is 3.94. The van der Waals surface area contributed by atoms with E-state index in [4.69, 9.17) is 0 Å². The summed E-state index contributed by atoms with van der Waals surface area (Å²) in [4.78, 5) is 4.93. The van der Waals surface area contributed by atoms with E-state index >= 15 is 0 Å². The van der Waals surface area contributed by atoms with Crippen molar-refractivity contribution in [2.75, 3.05) is 40.3 Å². The highest BCUT2D eigenvalue weighted by Gasteiger charge is 2.25. The van der Waals surface area contributed by atoms with Crippen LogP contribution in [0.25, 0.3) is 0 Å². The molecule has 2 aliphatic rings. The van der Waals surface area contributed by atoms with E-state index in [1.165, 1.54) is 51.9 Å². The molecule has 3 nitrogen and oxygen atoms in total. The van der Waals surface area contributed by atoms with E-state index < -0.39 is 0 Å². The quantitative estimate of drug-likeness (QED) is 0.803. The van der Waals surface area contributed by atoms with E-state index in [1.54, 1.807) is 0 Å². The second kappa shape index (κ2) is 6.17. The van der Waals surface area contributed by atoms with Gasteiger partial charge in [-0.05, 0) is 72.3 Å². The lowest BCUT2D eigenvalue weighted by molar-refractivity contribution is 0.158. The van der Waals surface area contributed by atoms with Crippen LogP contribution in [0.2, 0.25) is 0 Å². The summed E-state index contributed by atoms with van der Waals surface area (Å²) in [5, 5.41) is 3.88. The lowest BCUT2D eigenvalue weighted by Gasteiger charge is -2.37. The molecule has 2 fully saturated rings. The minimum atomic E-state index is 0.686. The maximum atomic E-state index is 3.88. The molecular weight excluding hydrogens is 210 g/mol. The summed E-state index contributed by atoms with van der Waals surface area (Å²) in [5.74, 6) is 0.855. The van der Waals surface area contributed by atoms with Gasteiger partial charge in [0.2, 0.25) is 0 Å². The topological polar surface area (TPSA) is 18.5 Å². The molecule has 0 aliphatic carbocycles. The van der Waals surface area contributed by atoms with E-state index in [0.717, 1.165) is 12.0 Å². The maximum Gasteiger partial charge on any atom is 0.00940 e. The van der Waals surface area contributed by atoms with E-state index in [1.807, 2.05) is 0 Å². The summed E-state index contributed by atoms with van der Waals surface area (Å²) in [6.07, 6.45) is 5.43. The number of hydrogen-bond donors (Lipinski definition) is 1. The normalized spacial score (nSPS) is 31.6. The van der Waals surface area contributed by atoms with Crippen LogP contribution in [0.5, 0.6) is 0 Å². The van der Waals surface area contributed by atoms with Crippen LogP contribution in [0, 0.1) is 5.92 Å². The molecule has 3 heteroatoms.